The second-order valence-electron chi connectivity index (χ2n) is 8.25. The van der Waals surface area contributed by atoms with Gasteiger partial charge in [-0.2, -0.15) is 0 Å². The van der Waals surface area contributed by atoms with E-state index in [4.69, 9.17) is 4.74 Å². The normalized spacial score (nSPS) is 16.9. The van der Waals surface area contributed by atoms with Crippen LogP contribution in [0.5, 0.6) is 0 Å². The summed E-state index contributed by atoms with van der Waals surface area (Å²) in [7, 11) is 1.56. The van der Waals surface area contributed by atoms with Crippen molar-refractivity contribution in [3.8, 4) is 0 Å². The summed E-state index contributed by atoms with van der Waals surface area (Å²) < 4.78 is 4.91. The topological polar surface area (TPSA) is 96.0 Å². The zero-order chi connectivity index (χ0) is 21.8. The predicted octanol–water partition coefficient (Wildman–Crippen LogP) is 1.70. The van der Waals surface area contributed by atoms with Gasteiger partial charge in [-0.25, -0.2) is 0 Å². The Morgan fingerprint density at radius 2 is 1.80 bits per heavy atom. The molecule has 162 valence electrons. The quantitative estimate of drug-likeness (QED) is 0.684. The standard InChI is InChI=1S/C22H29N3O5/c1-14(2)13-25-21(28)17-5-4-15(12-18(17)22(25)29)20(27)24-9-6-16(7-10-24)23-19(26)8-11-30-3/h4-5,12,14,16H,6-11,13H2,1-3H3,(H,23,26). The predicted molar refractivity (Wildman–Crippen MR) is 110 cm³/mol. The summed E-state index contributed by atoms with van der Waals surface area (Å²) in [5, 5.41) is 2.97. The van der Waals surface area contributed by atoms with E-state index in [1.807, 2.05) is 13.8 Å². The van der Waals surface area contributed by atoms with E-state index in [9.17, 15) is 19.2 Å². The first-order chi connectivity index (χ1) is 14.3. The van der Waals surface area contributed by atoms with E-state index in [1.54, 1.807) is 24.1 Å². The minimum Gasteiger partial charge on any atom is -0.384 e. The number of carbonyl (C=O) groups is 4. The summed E-state index contributed by atoms with van der Waals surface area (Å²) in [6.45, 7) is 5.69. The van der Waals surface area contributed by atoms with E-state index < -0.39 is 0 Å². The molecule has 2 aliphatic rings. The first kappa shape index (κ1) is 22.0. The number of hydrogen-bond donors (Lipinski definition) is 1. The molecule has 0 aromatic heterocycles. The molecule has 2 heterocycles. The average molecular weight is 415 g/mol. The maximum atomic E-state index is 12.9. The number of carbonyl (C=O) groups excluding carboxylic acids is 4. The van der Waals surface area contributed by atoms with E-state index in [2.05, 4.69) is 5.32 Å². The molecular formula is C22H29N3O5. The molecule has 0 saturated carbocycles. The fourth-order valence-corrected chi connectivity index (χ4v) is 3.86. The molecule has 8 heteroatoms. The fraction of sp³-hybridized carbons (Fsp3) is 0.545. The Morgan fingerprint density at radius 1 is 1.13 bits per heavy atom. The third-order valence-electron chi connectivity index (χ3n) is 5.45. The van der Waals surface area contributed by atoms with E-state index in [1.165, 1.54) is 11.0 Å². The first-order valence-electron chi connectivity index (χ1n) is 10.4. The number of fused-ring (bicyclic) bond motifs is 1. The molecule has 3 rings (SSSR count). The van der Waals surface area contributed by atoms with Gasteiger partial charge < -0.3 is 15.0 Å². The van der Waals surface area contributed by atoms with Gasteiger partial charge in [0.15, 0.2) is 0 Å². The second-order valence-corrected chi connectivity index (χ2v) is 8.25. The van der Waals surface area contributed by atoms with Gasteiger partial charge in [0, 0.05) is 44.8 Å². The van der Waals surface area contributed by atoms with Crippen LogP contribution in [-0.2, 0) is 9.53 Å². The molecule has 2 aliphatic heterocycles. The van der Waals surface area contributed by atoms with Crippen molar-refractivity contribution in [3.05, 3.63) is 34.9 Å². The first-order valence-corrected chi connectivity index (χ1v) is 10.4. The van der Waals surface area contributed by atoms with Gasteiger partial charge in [0.05, 0.1) is 17.7 Å². The smallest absolute Gasteiger partial charge is 0.261 e. The molecule has 1 aromatic carbocycles. The highest BCUT2D eigenvalue weighted by Gasteiger charge is 2.36. The molecule has 1 saturated heterocycles. The van der Waals surface area contributed by atoms with Gasteiger partial charge in [-0.1, -0.05) is 13.8 Å². The Labute approximate surface area is 176 Å². The number of ether oxygens (including phenoxy) is 1. The number of piperidine rings is 1. The van der Waals surface area contributed by atoms with Crippen LogP contribution in [0.3, 0.4) is 0 Å². The third kappa shape index (κ3) is 4.70. The van der Waals surface area contributed by atoms with Crippen molar-refractivity contribution in [1.82, 2.24) is 15.1 Å². The van der Waals surface area contributed by atoms with Gasteiger partial charge >= 0.3 is 0 Å². The van der Waals surface area contributed by atoms with Gasteiger partial charge in [-0.05, 0) is 37.0 Å². The number of methoxy groups -OCH3 is 1. The van der Waals surface area contributed by atoms with Crippen LogP contribution in [0, 0.1) is 5.92 Å². The molecule has 30 heavy (non-hydrogen) atoms. The van der Waals surface area contributed by atoms with Crippen LogP contribution in [0.25, 0.3) is 0 Å². The van der Waals surface area contributed by atoms with Crippen molar-refractivity contribution in [2.24, 2.45) is 5.92 Å². The van der Waals surface area contributed by atoms with Crippen LogP contribution in [0.4, 0.5) is 0 Å². The largest absolute Gasteiger partial charge is 0.384 e. The molecule has 1 N–H and O–H groups in total. The number of hydrogen-bond acceptors (Lipinski definition) is 5. The van der Waals surface area contributed by atoms with Crippen LogP contribution >= 0.6 is 0 Å². The van der Waals surface area contributed by atoms with Crippen LogP contribution in [0.15, 0.2) is 18.2 Å². The maximum Gasteiger partial charge on any atom is 0.261 e. The average Bonchev–Trinajstić information content (AvgIpc) is 2.96. The lowest BCUT2D eigenvalue weighted by Gasteiger charge is -2.32. The fourth-order valence-electron chi connectivity index (χ4n) is 3.86. The minimum atomic E-state index is -0.337. The number of benzene rings is 1. The lowest BCUT2D eigenvalue weighted by Crippen LogP contribution is -2.46. The maximum absolute atomic E-state index is 12.9. The highest BCUT2D eigenvalue weighted by atomic mass is 16.5. The molecule has 0 unspecified atom stereocenters. The van der Waals surface area contributed by atoms with Gasteiger partial charge in [0.1, 0.15) is 0 Å². The van der Waals surface area contributed by atoms with E-state index >= 15 is 0 Å². The Balaban J connectivity index is 1.62. The Bertz CT molecular complexity index is 843. The van der Waals surface area contributed by atoms with Gasteiger partial charge in [-0.3, -0.25) is 24.1 Å². The summed E-state index contributed by atoms with van der Waals surface area (Å²) in [6, 6.07) is 4.77. The number of nitrogens with one attached hydrogen (secondary N) is 1. The summed E-state index contributed by atoms with van der Waals surface area (Å²) in [5.41, 5.74) is 1.06. The third-order valence-corrected chi connectivity index (χ3v) is 5.45. The summed E-state index contributed by atoms with van der Waals surface area (Å²) in [6.07, 6.45) is 1.68. The second kappa shape index (κ2) is 9.38. The molecular weight excluding hydrogens is 386 g/mol. The molecule has 8 nitrogen and oxygen atoms in total. The number of nitrogens with zero attached hydrogens (tertiary/aromatic N) is 2. The number of imide groups is 1. The summed E-state index contributed by atoms with van der Waals surface area (Å²) >= 11 is 0. The molecule has 0 radical (unpaired) electrons. The highest BCUT2D eigenvalue weighted by molar-refractivity contribution is 6.22. The molecule has 1 aromatic rings. The van der Waals surface area contributed by atoms with Crippen molar-refractivity contribution in [1.29, 1.82) is 0 Å². The zero-order valence-corrected chi connectivity index (χ0v) is 17.8. The molecule has 0 bridgehead atoms. The van der Waals surface area contributed by atoms with Crippen molar-refractivity contribution in [3.63, 3.8) is 0 Å². The van der Waals surface area contributed by atoms with E-state index in [-0.39, 0.29) is 35.6 Å². The van der Waals surface area contributed by atoms with Crippen LogP contribution < -0.4 is 5.32 Å². The number of rotatable bonds is 7. The lowest BCUT2D eigenvalue weighted by atomic mass is 10.0. The van der Waals surface area contributed by atoms with Crippen molar-refractivity contribution in [2.75, 3.05) is 33.4 Å². The minimum absolute atomic E-state index is 0.0437. The van der Waals surface area contributed by atoms with E-state index in [0.29, 0.717) is 62.2 Å². The SMILES string of the molecule is COCCC(=O)NC1CCN(C(=O)c2ccc3c(c2)C(=O)N(CC(C)C)C3=O)CC1. The van der Waals surface area contributed by atoms with Gasteiger partial charge in [-0.15, -0.1) is 0 Å². The van der Waals surface area contributed by atoms with Crippen molar-refractivity contribution in [2.45, 2.75) is 39.2 Å². The Kier molecular flexibility index (Phi) is 6.87. The molecule has 0 aliphatic carbocycles. The number of amides is 4. The molecule has 0 spiro atoms. The molecule has 1 fully saturated rings. The van der Waals surface area contributed by atoms with Gasteiger partial charge in [0.2, 0.25) is 5.91 Å². The Morgan fingerprint density at radius 3 is 2.43 bits per heavy atom. The van der Waals surface area contributed by atoms with Crippen LogP contribution in [0.1, 0.15) is 64.2 Å². The summed E-state index contributed by atoms with van der Waals surface area (Å²) in [5.74, 6) is -0.674. The van der Waals surface area contributed by atoms with Gasteiger partial charge in [0.25, 0.3) is 17.7 Å². The zero-order valence-electron chi connectivity index (χ0n) is 17.8. The van der Waals surface area contributed by atoms with Crippen molar-refractivity contribution < 1.29 is 23.9 Å². The van der Waals surface area contributed by atoms with E-state index in [0.717, 1.165) is 0 Å². The molecule has 4 amide bonds. The Hall–Kier alpha value is -2.74. The van der Waals surface area contributed by atoms with Crippen LogP contribution in [0.2, 0.25) is 0 Å². The lowest BCUT2D eigenvalue weighted by molar-refractivity contribution is -0.122. The molecule has 0 atom stereocenters. The van der Waals surface area contributed by atoms with Crippen molar-refractivity contribution >= 4 is 23.6 Å². The van der Waals surface area contributed by atoms with Crippen LogP contribution in [-0.4, -0.2) is 72.8 Å². The number of likely N-dealkylation sites (tertiary alicyclic amines) is 1. The monoisotopic (exact) mass is 415 g/mol. The summed E-state index contributed by atoms with van der Waals surface area (Å²) in [4.78, 5) is 52.9. The highest BCUT2D eigenvalue weighted by Crippen LogP contribution is 2.26.